The number of halogens is 1. The summed E-state index contributed by atoms with van der Waals surface area (Å²) < 4.78 is 27.7. The van der Waals surface area contributed by atoms with Crippen LogP contribution in [-0.2, 0) is 26.0 Å². The van der Waals surface area contributed by atoms with Gasteiger partial charge in [0.2, 0.25) is 21.8 Å². The minimum Gasteiger partial charge on any atom is -0.342 e. The van der Waals surface area contributed by atoms with Gasteiger partial charge in [-0.1, -0.05) is 23.7 Å². The van der Waals surface area contributed by atoms with Crippen LogP contribution in [0.1, 0.15) is 25.3 Å². The highest BCUT2D eigenvalue weighted by molar-refractivity contribution is 7.89. The maximum absolute atomic E-state index is 12.6. The van der Waals surface area contributed by atoms with Crippen molar-refractivity contribution in [1.29, 1.82) is 0 Å². The van der Waals surface area contributed by atoms with Gasteiger partial charge in [-0.15, -0.1) is 0 Å². The molecule has 0 saturated carbocycles. The number of carbonyl (C=O) groups excluding carboxylic acids is 2. The summed E-state index contributed by atoms with van der Waals surface area (Å²) in [7, 11) is -3.62. The van der Waals surface area contributed by atoms with Gasteiger partial charge < -0.3 is 10.2 Å². The van der Waals surface area contributed by atoms with Crippen LogP contribution in [0.4, 0.5) is 5.69 Å². The number of amides is 2. The van der Waals surface area contributed by atoms with Gasteiger partial charge in [-0.25, -0.2) is 13.1 Å². The Morgan fingerprint density at radius 3 is 2.20 bits per heavy atom. The van der Waals surface area contributed by atoms with Gasteiger partial charge in [-0.2, -0.15) is 0 Å². The summed E-state index contributed by atoms with van der Waals surface area (Å²) in [5.41, 5.74) is 1.55. The van der Waals surface area contributed by atoms with Crippen molar-refractivity contribution in [2.24, 2.45) is 0 Å². The highest BCUT2D eigenvalue weighted by atomic mass is 35.5. The Hall–Kier alpha value is -2.42. The van der Waals surface area contributed by atoms with Crippen molar-refractivity contribution in [2.75, 3.05) is 18.4 Å². The van der Waals surface area contributed by atoms with E-state index in [4.69, 9.17) is 11.6 Å². The van der Waals surface area contributed by atoms with Crippen molar-refractivity contribution in [3.05, 3.63) is 59.1 Å². The van der Waals surface area contributed by atoms with Crippen molar-refractivity contribution in [1.82, 2.24) is 9.62 Å². The van der Waals surface area contributed by atoms with Crippen molar-refractivity contribution in [3.8, 4) is 0 Å². The lowest BCUT2D eigenvalue weighted by Crippen LogP contribution is -2.46. The van der Waals surface area contributed by atoms with E-state index in [0.717, 1.165) is 5.56 Å². The molecule has 7 nitrogen and oxygen atoms in total. The van der Waals surface area contributed by atoms with Gasteiger partial charge >= 0.3 is 0 Å². The molecule has 1 aliphatic rings. The number of carbonyl (C=O) groups is 2. The van der Waals surface area contributed by atoms with Gasteiger partial charge in [0.1, 0.15) is 0 Å². The minimum absolute atomic E-state index is 0.00119. The quantitative estimate of drug-likeness (QED) is 0.708. The number of anilines is 1. The van der Waals surface area contributed by atoms with E-state index in [1.165, 1.54) is 19.1 Å². The second kappa shape index (κ2) is 9.59. The standard InChI is InChI=1S/C21H24ClN3O4S/c1-15(26)23-18-6-2-16(3-7-18)14-21(27)25-12-10-19(11-13-25)24-30(28,29)20-8-4-17(22)5-9-20/h2-9,19,24H,10-14H2,1H3,(H,23,26). The summed E-state index contributed by atoms with van der Waals surface area (Å²) in [6, 6.07) is 13.0. The largest absolute Gasteiger partial charge is 0.342 e. The summed E-state index contributed by atoms with van der Waals surface area (Å²) in [4.78, 5) is 25.6. The first kappa shape index (κ1) is 22.3. The number of hydrogen-bond acceptors (Lipinski definition) is 4. The molecule has 0 bridgehead atoms. The number of hydrogen-bond donors (Lipinski definition) is 2. The molecule has 2 aromatic rings. The van der Waals surface area contributed by atoms with Crippen molar-refractivity contribution in [2.45, 2.75) is 37.1 Å². The molecular formula is C21H24ClN3O4S. The van der Waals surface area contributed by atoms with Crippen LogP contribution in [0, 0.1) is 0 Å². The fraction of sp³-hybridized carbons (Fsp3) is 0.333. The summed E-state index contributed by atoms with van der Waals surface area (Å²) in [6.45, 7) is 2.43. The Labute approximate surface area is 181 Å². The number of benzene rings is 2. The van der Waals surface area contributed by atoms with E-state index < -0.39 is 10.0 Å². The Balaban J connectivity index is 1.50. The van der Waals surface area contributed by atoms with Crippen LogP contribution in [0.3, 0.4) is 0 Å². The first-order chi connectivity index (χ1) is 14.2. The number of nitrogens with one attached hydrogen (secondary N) is 2. The third-order valence-electron chi connectivity index (χ3n) is 4.92. The molecule has 0 aliphatic carbocycles. The van der Waals surface area contributed by atoms with Crippen LogP contribution < -0.4 is 10.0 Å². The van der Waals surface area contributed by atoms with E-state index in [0.29, 0.717) is 36.6 Å². The fourth-order valence-corrected chi connectivity index (χ4v) is 4.77. The molecule has 0 radical (unpaired) electrons. The lowest BCUT2D eigenvalue weighted by molar-refractivity contribution is -0.131. The second-order valence-electron chi connectivity index (χ2n) is 7.29. The highest BCUT2D eigenvalue weighted by Gasteiger charge is 2.26. The summed E-state index contributed by atoms with van der Waals surface area (Å²) >= 11 is 5.82. The fourth-order valence-electron chi connectivity index (χ4n) is 3.34. The molecule has 2 amide bonds. The average Bonchev–Trinajstić information content (AvgIpc) is 2.69. The molecule has 0 unspecified atom stereocenters. The minimum atomic E-state index is -3.62. The SMILES string of the molecule is CC(=O)Nc1ccc(CC(=O)N2CCC(NS(=O)(=O)c3ccc(Cl)cc3)CC2)cc1. The first-order valence-corrected chi connectivity index (χ1v) is 11.5. The topological polar surface area (TPSA) is 95.6 Å². The van der Waals surface area contributed by atoms with E-state index in [1.54, 1.807) is 29.2 Å². The molecule has 30 heavy (non-hydrogen) atoms. The molecule has 160 valence electrons. The molecule has 0 spiro atoms. The molecule has 9 heteroatoms. The van der Waals surface area contributed by atoms with E-state index >= 15 is 0 Å². The smallest absolute Gasteiger partial charge is 0.240 e. The molecule has 2 N–H and O–H groups in total. The highest BCUT2D eigenvalue weighted by Crippen LogP contribution is 2.18. The normalized spacial score (nSPS) is 15.1. The average molecular weight is 450 g/mol. The molecule has 0 atom stereocenters. The van der Waals surface area contributed by atoms with Crippen LogP contribution in [0.25, 0.3) is 0 Å². The molecule has 3 rings (SSSR count). The van der Waals surface area contributed by atoms with E-state index in [1.807, 2.05) is 12.1 Å². The van der Waals surface area contributed by atoms with Crippen molar-refractivity contribution >= 4 is 39.1 Å². The van der Waals surface area contributed by atoms with Crippen molar-refractivity contribution < 1.29 is 18.0 Å². The van der Waals surface area contributed by atoms with Crippen LogP contribution in [0.15, 0.2) is 53.4 Å². The predicted octanol–water partition coefficient (Wildman–Crippen LogP) is 2.81. The van der Waals surface area contributed by atoms with E-state index in [9.17, 15) is 18.0 Å². The van der Waals surface area contributed by atoms with Gasteiger partial charge in [0.05, 0.1) is 11.3 Å². The van der Waals surface area contributed by atoms with Crippen LogP contribution in [0.2, 0.25) is 5.02 Å². The van der Waals surface area contributed by atoms with Gasteiger partial charge in [-0.05, 0) is 54.8 Å². The third kappa shape index (κ3) is 6.04. The zero-order chi connectivity index (χ0) is 21.7. The third-order valence-corrected chi connectivity index (χ3v) is 6.71. The Morgan fingerprint density at radius 1 is 1.03 bits per heavy atom. The Kier molecular flexibility index (Phi) is 7.12. The van der Waals surface area contributed by atoms with Gasteiger partial charge in [-0.3, -0.25) is 9.59 Å². The molecule has 1 fully saturated rings. The number of rotatable bonds is 6. The monoisotopic (exact) mass is 449 g/mol. The number of piperidine rings is 1. The maximum atomic E-state index is 12.6. The molecule has 0 aromatic heterocycles. The Morgan fingerprint density at radius 2 is 1.63 bits per heavy atom. The van der Waals surface area contributed by atoms with Crippen LogP contribution in [-0.4, -0.2) is 44.3 Å². The second-order valence-corrected chi connectivity index (χ2v) is 9.44. The van der Waals surface area contributed by atoms with Gasteiger partial charge in [0, 0.05) is 36.8 Å². The Bertz CT molecular complexity index is 1000. The first-order valence-electron chi connectivity index (χ1n) is 9.65. The predicted molar refractivity (Wildman–Crippen MR) is 116 cm³/mol. The lowest BCUT2D eigenvalue weighted by Gasteiger charge is -2.32. The van der Waals surface area contributed by atoms with Gasteiger partial charge in [0.15, 0.2) is 0 Å². The van der Waals surface area contributed by atoms with Gasteiger partial charge in [0.25, 0.3) is 0 Å². The molecular weight excluding hydrogens is 426 g/mol. The molecule has 1 saturated heterocycles. The molecule has 1 aliphatic heterocycles. The van der Waals surface area contributed by atoms with Crippen molar-refractivity contribution in [3.63, 3.8) is 0 Å². The van der Waals surface area contributed by atoms with Crippen LogP contribution >= 0.6 is 11.6 Å². The van der Waals surface area contributed by atoms with Crippen LogP contribution in [0.5, 0.6) is 0 Å². The molecule has 1 heterocycles. The molecule has 2 aromatic carbocycles. The number of nitrogens with zero attached hydrogens (tertiary/aromatic N) is 1. The van der Waals surface area contributed by atoms with E-state index in [2.05, 4.69) is 10.0 Å². The zero-order valence-corrected chi connectivity index (χ0v) is 18.2. The zero-order valence-electron chi connectivity index (χ0n) is 16.6. The number of sulfonamides is 1. The maximum Gasteiger partial charge on any atom is 0.240 e. The number of likely N-dealkylation sites (tertiary alicyclic amines) is 1. The van der Waals surface area contributed by atoms with E-state index in [-0.39, 0.29) is 29.2 Å². The summed E-state index contributed by atoms with van der Waals surface area (Å²) in [5.74, 6) is -0.144. The lowest BCUT2D eigenvalue weighted by atomic mass is 10.0. The summed E-state index contributed by atoms with van der Waals surface area (Å²) in [5, 5.41) is 3.17. The summed E-state index contributed by atoms with van der Waals surface area (Å²) in [6.07, 6.45) is 1.38.